The summed E-state index contributed by atoms with van der Waals surface area (Å²) in [6.07, 6.45) is 0. The van der Waals surface area contributed by atoms with E-state index in [9.17, 15) is 9.90 Å². The molecule has 2 rings (SSSR count). The normalized spacial score (nSPS) is 10.1. The van der Waals surface area contributed by atoms with E-state index in [2.05, 4.69) is 5.32 Å². The minimum atomic E-state index is -0.297. The van der Waals surface area contributed by atoms with Crippen molar-refractivity contribution in [3.05, 3.63) is 39.5 Å². The van der Waals surface area contributed by atoms with Crippen LogP contribution in [0.3, 0.4) is 0 Å². The number of aromatic hydroxyl groups is 1. The number of methoxy groups -OCH3 is 1. The summed E-state index contributed by atoms with van der Waals surface area (Å²) in [5.41, 5.74) is 0.440. The molecule has 1 aromatic carbocycles. The van der Waals surface area contributed by atoms with Crippen molar-refractivity contribution in [1.29, 1.82) is 0 Å². The molecular weight excluding hydrogens is 274 g/mol. The Morgan fingerprint density at radius 3 is 2.89 bits per heavy atom. The van der Waals surface area contributed by atoms with Gasteiger partial charge in [-0.15, -0.1) is 11.3 Å². The van der Waals surface area contributed by atoms with Gasteiger partial charge in [0.2, 0.25) is 0 Å². The van der Waals surface area contributed by atoms with Crippen LogP contribution < -0.4 is 10.1 Å². The second-order valence-corrected chi connectivity index (χ2v) is 4.76. The van der Waals surface area contributed by atoms with Gasteiger partial charge in [-0.2, -0.15) is 0 Å². The second-order valence-electron chi connectivity index (χ2n) is 3.44. The molecule has 0 spiro atoms. The summed E-state index contributed by atoms with van der Waals surface area (Å²) in [7, 11) is 1.51. The number of hydrogen-bond donors (Lipinski definition) is 2. The average Bonchev–Trinajstić information content (AvgIpc) is 2.81. The summed E-state index contributed by atoms with van der Waals surface area (Å²) in [5, 5.41) is 13.9. The maximum absolute atomic E-state index is 12.0. The molecule has 2 N–H and O–H groups in total. The molecule has 1 aromatic heterocycles. The molecule has 0 saturated heterocycles. The van der Waals surface area contributed by atoms with Crippen LogP contribution in [0.25, 0.3) is 0 Å². The maximum atomic E-state index is 12.0. The molecule has 1 heterocycles. The Bertz CT molecular complexity index is 582. The fourth-order valence-corrected chi connectivity index (χ4v) is 2.38. The third-order valence-corrected chi connectivity index (χ3v) is 3.46. The number of phenols is 1. The summed E-state index contributed by atoms with van der Waals surface area (Å²) in [4.78, 5) is 12.5. The molecule has 2 aromatic rings. The molecule has 0 aliphatic rings. The Hall–Kier alpha value is -1.72. The van der Waals surface area contributed by atoms with Gasteiger partial charge in [0.1, 0.15) is 16.4 Å². The third-order valence-electron chi connectivity index (χ3n) is 2.26. The van der Waals surface area contributed by atoms with Gasteiger partial charge in [0, 0.05) is 6.07 Å². The van der Waals surface area contributed by atoms with E-state index in [4.69, 9.17) is 16.3 Å². The van der Waals surface area contributed by atoms with Crippen molar-refractivity contribution in [2.24, 2.45) is 0 Å². The number of nitrogens with one attached hydrogen (secondary N) is 1. The number of halogens is 1. The molecule has 0 radical (unpaired) electrons. The zero-order valence-corrected chi connectivity index (χ0v) is 11.0. The van der Waals surface area contributed by atoms with Crippen LogP contribution in [0.5, 0.6) is 11.5 Å². The van der Waals surface area contributed by atoms with Crippen molar-refractivity contribution < 1.29 is 14.6 Å². The van der Waals surface area contributed by atoms with Crippen LogP contribution in [0.2, 0.25) is 5.02 Å². The summed E-state index contributed by atoms with van der Waals surface area (Å²) in [6.45, 7) is 0. The van der Waals surface area contributed by atoms with Crippen molar-refractivity contribution in [3.63, 3.8) is 0 Å². The number of anilines is 1. The summed E-state index contributed by atoms with van der Waals surface area (Å²) >= 11 is 7.19. The van der Waals surface area contributed by atoms with Crippen LogP contribution in [-0.4, -0.2) is 18.1 Å². The van der Waals surface area contributed by atoms with Gasteiger partial charge in [0.25, 0.3) is 5.91 Å². The van der Waals surface area contributed by atoms with Gasteiger partial charge in [-0.1, -0.05) is 11.6 Å². The second kappa shape index (κ2) is 5.29. The molecule has 6 heteroatoms. The van der Waals surface area contributed by atoms with E-state index in [1.54, 1.807) is 11.4 Å². The average molecular weight is 284 g/mol. The highest BCUT2D eigenvalue weighted by Crippen LogP contribution is 2.29. The fraction of sp³-hybridized carbons (Fsp3) is 0.0833. The number of carbonyl (C=O) groups is 1. The predicted molar refractivity (Wildman–Crippen MR) is 71.9 cm³/mol. The lowest BCUT2D eigenvalue weighted by atomic mass is 10.3. The van der Waals surface area contributed by atoms with Gasteiger partial charge in [-0.25, -0.2) is 0 Å². The van der Waals surface area contributed by atoms with Crippen LogP contribution in [-0.2, 0) is 0 Å². The molecule has 4 nitrogen and oxygen atoms in total. The molecule has 0 saturated carbocycles. The smallest absolute Gasteiger partial charge is 0.269 e. The lowest BCUT2D eigenvalue weighted by molar-refractivity contribution is 0.102. The molecule has 94 valence electrons. The summed E-state index contributed by atoms with van der Waals surface area (Å²) in [5.74, 6) is 0.272. The first kappa shape index (κ1) is 12.7. The zero-order chi connectivity index (χ0) is 13.1. The van der Waals surface area contributed by atoms with Gasteiger partial charge in [0.15, 0.2) is 0 Å². The predicted octanol–water partition coefficient (Wildman–Crippen LogP) is 3.37. The van der Waals surface area contributed by atoms with Crippen LogP contribution in [0.4, 0.5) is 5.69 Å². The Kier molecular flexibility index (Phi) is 3.74. The Morgan fingerprint density at radius 1 is 1.44 bits per heavy atom. The monoisotopic (exact) mass is 283 g/mol. The van der Waals surface area contributed by atoms with E-state index < -0.39 is 0 Å². The van der Waals surface area contributed by atoms with Crippen LogP contribution in [0, 0.1) is 0 Å². The number of amides is 1. The summed E-state index contributed by atoms with van der Waals surface area (Å²) < 4.78 is 5.07. The first-order valence-electron chi connectivity index (χ1n) is 5.03. The van der Waals surface area contributed by atoms with Gasteiger partial charge >= 0.3 is 0 Å². The van der Waals surface area contributed by atoms with Crippen molar-refractivity contribution in [1.82, 2.24) is 0 Å². The molecular formula is C12H10ClNO3S. The first-order valence-corrected chi connectivity index (χ1v) is 6.29. The number of hydrogen-bond acceptors (Lipinski definition) is 4. The molecule has 0 bridgehead atoms. The standard InChI is InChI=1S/C12H10ClNO3S/c1-17-10-4-5-18-11(10)12(16)14-9-3-2-7(15)6-8(9)13/h2-6,15H,1H3,(H,14,16). The Labute approximate surface area is 113 Å². The van der Waals surface area contributed by atoms with E-state index in [1.165, 1.54) is 36.6 Å². The van der Waals surface area contributed by atoms with Gasteiger partial charge < -0.3 is 15.2 Å². The van der Waals surface area contributed by atoms with E-state index >= 15 is 0 Å². The van der Waals surface area contributed by atoms with Crippen molar-refractivity contribution in [2.45, 2.75) is 0 Å². The number of ether oxygens (including phenoxy) is 1. The zero-order valence-electron chi connectivity index (χ0n) is 9.44. The number of thiophene rings is 1. The quantitative estimate of drug-likeness (QED) is 0.849. The van der Waals surface area contributed by atoms with Gasteiger partial charge in [-0.3, -0.25) is 4.79 Å². The highest BCUT2D eigenvalue weighted by molar-refractivity contribution is 7.12. The molecule has 0 aliphatic carbocycles. The highest BCUT2D eigenvalue weighted by Gasteiger charge is 2.15. The van der Waals surface area contributed by atoms with Gasteiger partial charge in [0.05, 0.1) is 17.8 Å². The van der Waals surface area contributed by atoms with Crippen molar-refractivity contribution in [2.75, 3.05) is 12.4 Å². The number of rotatable bonds is 3. The maximum Gasteiger partial charge on any atom is 0.269 e. The first-order chi connectivity index (χ1) is 8.61. The third kappa shape index (κ3) is 2.57. The lowest BCUT2D eigenvalue weighted by Crippen LogP contribution is -2.11. The molecule has 0 aliphatic heterocycles. The molecule has 18 heavy (non-hydrogen) atoms. The van der Waals surface area contributed by atoms with Crippen LogP contribution in [0.1, 0.15) is 9.67 Å². The highest BCUT2D eigenvalue weighted by atomic mass is 35.5. The summed E-state index contributed by atoms with van der Waals surface area (Å²) in [6, 6.07) is 6.07. The van der Waals surface area contributed by atoms with Crippen LogP contribution >= 0.6 is 22.9 Å². The van der Waals surface area contributed by atoms with Gasteiger partial charge in [-0.05, 0) is 23.6 Å². The van der Waals surface area contributed by atoms with Crippen molar-refractivity contribution >= 4 is 34.5 Å². The van der Waals surface area contributed by atoms with E-state index in [0.29, 0.717) is 16.3 Å². The molecule has 0 fully saturated rings. The molecule has 0 unspecified atom stereocenters. The van der Waals surface area contributed by atoms with Crippen LogP contribution in [0.15, 0.2) is 29.6 Å². The number of phenolic OH excluding ortho intramolecular Hbond substituents is 1. The topological polar surface area (TPSA) is 58.6 Å². The minimum absolute atomic E-state index is 0.0479. The Morgan fingerprint density at radius 2 is 2.22 bits per heavy atom. The number of carbonyl (C=O) groups excluding carboxylic acids is 1. The van der Waals surface area contributed by atoms with E-state index in [-0.39, 0.29) is 16.7 Å². The largest absolute Gasteiger partial charge is 0.508 e. The number of benzene rings is 1. The molecule has 0 atom stereocenters. The van der Waals surface area contributed by atoms with E-state index in [0.717, 1.165) is 0 Å². The lowest BCUT2D eigenvalue weighted by Gasteiger charge is -2.07. The molecule has 1 amide bonds. The fourth-order valence-electron chi connectivity index (χ4n) is 1.41. The SMILES string of the molecule is COc1ccsc1C(=O)Nc1ccc(O)cc1Cl. The Balaban J connectivity index is 2.21. The minimum Gasteiger partial charge on any atom is -0.508 e. The van der Waals surface area contributed by atoms with E-state index in [1.807, 2.05) is 0 Å². The van der Waals surface area contributed by atoms with Crippen molar-refractivity contribution in [3.8, 4) is 11.5 Å².